The zero-order valence-corrected chi connectivity index (χ0v) is 12.5. The Labute approximate surface area is 109 Å². The topological polar surface area (TPSA) is 0 Å². The summed E-state index contributed by atoms with van der Waals surface area (Å²) in [5.74, 6) is 0. The highest BCUT2D eigenvalue weighted by molar-refractivity contribution is 7.81. The normalized spacial score (nSPS) is 12.0. The Balaban J connectivity index is 2.99. The average molecular weight is 243 g/mol. The molecule has 97 valence electrons. The van der Waals surface area contributed by atoms with Gasteiger partial charge < -0.3 is 0 Å². The van der Waals surface area contributed by atoms with Gasteiger partial charge in [-0.3, -0.25) is 0 Å². The van der Waals surface area contributed by atoms with E-state index in [-0.39, 0.29) is 4.75 Å². The molecule has 0 aliphatic rings. The Morgan fingerprint density at radius 2 is 1.06 bits per heavy atom. The third-order valence-corrected chi connectivity index (χ3v) is 3.34. The highest BCUT2D eigenvalue weighted by Crippen LogP contribution is 2.21. The van der Waals surface area contributed by atoms with E-state index in [0.717, 1.165) is 0 Å². The molecule has 0 atom stereocenters. The minimum atomic E-state index is 0.125. The molecule has 0 fully saturated rings. The second-order valence-corrected chi connectivity index (χ2v) is 6.80. The molecule has 0 unspecified atom stereocenters. The summed E-state index contributed by atoms with van der Waals surface area (Å²) in [6.07, 6.45) is 15.3. The minimum Gasteiger partial charge on any atom is -0.0873 e. The van der Waals surface area contributed by atoms with E-state index in [1.165, 1.54) is 70.6 Å². The molecule has 16 heavy (non-hydrogen) atoms. The molecule has 0 aromatic rings. The van der Waals surface area contributed by atoms with Crippen molar-refractivity contribution in [1.82, 2.24) is 0 Å². The van der Waals surface area contributed by atoms with Gasteiger partial charge in [0.25, 0.3) is 0 Å². The fraction of sp³-hybridized carbons (Fsp3) is 1.00. The van der Waals surface area contributed by atoms with Gasteiger partial charge in [-0.25, -0.2) is 0 Å². The summed E-state index contributed by atoms with van der Waals surface area (Å²) < 4.78 is 0.125. The molecule has 0 saturated carbocycles. The maximum Gasteiger partial charge on any atom is 0.0207 e. The lowest BCUT2D eigenvalue weighted by Crippen LogP contribution is -2.09. The van der Waals surface area contributed by atoms with Crippen LogP contribution in [0.3, 0.4) is 0 Å². The van der Waals surface area contributed by atoms with Gasteiger partial charge in [0.15, 0.2) is 0 Å². The van der Waals surface area contributed by atoms with Crippen molar-refractivity contribution < 1.29 is 0 Å². The molecule has 1 radical (unpaired) electrons. The number of hydrogen-bond donors (Lipinski definition) is 0. The number of hydrogen-bond acceptors (Lipinski definition) is 0. The van der Waals surface area contributed by atoms with Crippen molar-refractivity contribution in [2.45, 2.75) is 96.1 Å². The Kier molecular flexibility index (Phi) is 10.7. The predicted octanol–water partition coefficient (Wildman–Crippen LogP) is 6.27. The first kappa shape index (κ1) is 16.4. The van der Waals surface area contributed by atoms with Gasteiger partial charge >= 0.3 is 0 Å². The molecule has 0 bridgehead atoms. The van der Waals surface area contributed by atoms with Crippen molar-refractivity contribution in [1.29, 1.82) is 0 Å². The van der Waals surface area contributed by atoms with Crippen molar-refractivity contribution in [2.75, 3.05) is 0 Å². The summed E-state index contributed by atoms with van der Waals surface area (Å²) in [6, 6.07) is 0. The van der Waals surface area contributed by atoms with Gasteiger partial charge in [0, 0.05) is 4.75 Å². The Bertz CT molecular complexity index is 135. The second kappa shape index (κ2) is 10.5. The second-order valence-electron chi connectivity index (χ2n) is 5.69. The van der Waals surface area contributed by atoms with Gasteiger partial charge in [-0.2, -0.15) is 0 Å². The van der Waals surface area contributed by atoms with Crippen LogP contribution in [0.25, 0.3) is 0 Å². The van der Waals surface area contributed by atoms with Crippen molar-refractivity contribution in [3.63, 3.8) is 0 Å². The summed E-state index contributed by atoms with van der Waals surface area (Å²) in [4.78, 5) is 0. The molecule has 0 aliphatic heterocycles. The first-order chi connectivity index (χ1) is 7.56. The maximum atomic E-state index is 5.34. The number of unbranched alkanes of at least 4 members (excludes halogenated alkanes) is 9. The van der Waals surface area contributed by atoms with Gasteiger partial charge in [0.05, 0.1) is 0 Å². The molecule has 0 aliphatic carbocycles. The molecule has 0 rings (SSSR count). The third kappa shape index (κ3) is 14.4. The zero-order chi connectivity index (χ0) is 12.3. The van der Waals surface area contributed by atoms with Crippen LogP contribution >= 0.6 is 12.6 Å². The lowest BCUT2D eigenvalue weighted by Gasteiger charge is -2.15. The van der Waals surface area contributed by atoms with E-state index in [2.05, 4.69) is 20.8 Å². The molecule has 0 saturated heterocycles. The van der Waals surface area contributed by atoms with E-state index in [9.17, 15) is 0 Å². The highest BCUT2D eigenvalue weighted by atomic mass is 32.1. The fourth-order valence-electron chi connectivity index (χ4n) is 2.04. The molecule has 0 heterocycles. The van der Waals surface area contributed by atoms with Crippen molar-refractivity contribution >= 4 is 12.6 Å². The Hall–Kier alpha value is 0.350. The van der Waals surface area contributed by atoms with Gasteiger partial charge in [-0.15, -0.1) is 0 Å². The molecule has 0 amide bonds. The summed E-state index contributed by atoms with van der Waals surface area (Å²) in [5, 5.41) is 0. The van der Waals surface area contributed by atoms with Crippen molar-refractivity contribution in [2.24, 2.45) is 0 Å². The smallest absolute Gasteiger partial charge is 0.0207 e. The molecular weight excluding hydrogens is 212 g/mol. The monoisotopic (exact) mass is 243 g/mol. The van der Waals surface area contributed by atoms with Crippen molar-refractivity contribution in [3.05, 3.63) is 0 Å². The standard InChI is InChI=1S/C15H31S/c1-4-5-6-7-8-9-10-11-12-13-14-15(2,3)16/h4-14H2,1-3H3. The van der Waals surface area contributed by atoms with E-state index in [0.29, 0.717) is 0 Å². The molecule has 0 spiro atoms. The van der Waals surface area contributed by atoms with Gasteiger partial charge in [0.2, 0.25) is 0 Å². The van der Waals surface area contributed by atoms with E-state index in [4.69, 9.17) is 12.6 Å². The molecule has 0 aromatic carbocycles. The van der Waals surface area contributed by atoms with Gasteiger partial charge in [0.1, 0.15) is 0 Å². The van der Waals surface area contributed by atoms with Crippen LogP contribution in [0.4, 0.5) is 0 Å². The third-order valence-electron chi connectivity index (χ3n) is 3.13. The maximum absolute atomic E-state index is 5.34. The van der Waals surface area contributed by atoms with E-state index >= 15 is 0 Å². The van der Waals surface area contributed by atoms with Crippen LogP contribution in [0.1, 0.15) is 91.4 Å². The van der Waals surface area contributed by atoms with E-state index in [1.807, 2.05) is 0 Å². The van der Waals surface area contributed by atoms with Crippen LogP contribution in [0.5, 0.6) is 0 Å². The summed E-state index contributed by atoms with van der Waals surface area (Å²) in [5.41, 5.74) is 0. The molecule has 0 aromatic heterocycles. The Morgan fingerprint density at radius 1 is 0.688 bits per heavy atom. The predicted molar refractivity (Wildman–Crippen MR) is 78.1 cm³/mol. The zero-order valence-electron chi connectivity index (χ0n) is 11.7. The first-order valence-electron chi connectivity index (χ1n) is 7.26. The summed E-state index contributed by atoms with van der Waals surface area (Å²) >= 11 is 5.34. The largest absolute Gasteiger partial charge is 0.0873 e. The van der Waals surface area contributed by atoms with Crippen LogP contribution in [0.2, 0.25) is 0 Å². The first-order valence-corrected chi connectivity index (χ1v) is 7.67. The van der Waals surface area contributed by atoms with E-state index < -0.39 is 0 Å². The molecular formula is C15H31S. The molecule has 0 nitrogen and oxygen atoms in total. The van der Waals surface area contributed by atoms with Crippen LogP contribution in [0, 0.1) is 0 Å². The van der Waals surface area contributed by atoms with Crippen LogP contribution in [-0.2, 0) is 0 Å². The van der Waals surface area contributed by atoms with Crippen molar-refractivity contribution in [3.8, 4) is 0 Å². The summed E-state index contributed by atoms with van der Waals surface area (Å²) in [7, 11) is 0. The lowest BCUT2D eigenvalue weighted by atomic mass is 10.0. The Morgan fingerprint density at radius 3 is 1.44 bits per heavy atom. The SMILES string of the molecule is CCCCCCCCCCCCC(C)(C)[S]. The summed E-state index contributed by atoms with van der Waals surface area (Å²) in [6.45, 7) is 6.60. The molecule has 0 N–H and O–H groups in total. The van der Waals surface area contributed by atoms with E-state index in [1.54, 1.807) is 0 Å². The van der Waals surface area contributed by atoms with Gasteiger partial charge in [-0.05, 0) is 20.3 Å². The number of rotatable bonds is 11. The minimum absolute atomic E-state index is 0.125. The lowest BCUT2D eigenvalue weighted by molar-refractivity contribution is 0.527. The quantitative estimate of drug-likeness (QED) is 0.375. The fourth-order valence-corrected chi connectivity index (χ4v) is 2.18. The highest BCUT2D eigenvalue weighted by Gasteiger charge is 2.10. The van der Waals surface area contributed by atoms with Crippen LogP contribution in [-0.4, -0.2) is 4.75 Å². The average Bonchev–Trinajstić information content (AvgIpc) is 2.19. The van der Waals surface area contributed by atoms with Crippen LogP contribution < -0.4 is 0 Å². The molecule has 1 heteroatoms. The van der Waals surface area contributed by atoms with Crippen LogP contribution in [0.15, 0.2) is 0 Å². The van der Waals surface area contributed by atoms with Gasteiger partial charge in [-0.1, -0.05) is 83.8 Å².